The van der Waals surface area contributed by atoms with E-state index in [1.165, 1.54) is 33.4 Å². The van der Waals surface area contributed by atoms with Gasteiger partial charge in [0, 0.05) is 27.6 Å². The largest absolute Gasteiger partial charge is 0.478 e. The van der Waals surface area contributed by atoms with E-state index in [9.17, 15) is 9.90 Å². The van der Waals surface area contributed by atoms with Gasteiger partial charge in [-0.3, -0.25) is 0 Å². The van der Waals surface area contributed by atoms with Crippen molar-refractivity contribution in [1.29, 1.82) is 0 Å². The average Bonchev–Trinajstić information content (AvgIpc) is 3.45. The SMILES string of the molecule is CCCCC1(CCCC)c2ccccc2-c2ccc(N(c3cccc(C(=O)O)c3)c3c4ccccc4c(-c4ccccc4)c4ccccc34)cc21. The second-order valence-corrected chi connectivity index (χ2v) is 13.9. The highest BCUT2D eigenvalue weighted by molar-refractivity contribution is 6.22. The minimum absolute atomic E-state index is 0.0795. The van der Waals surface area contributed by atoms with E-state index >= 15 is 0 Å². The third-order valence-electron chi connectivity index (χ3n) is 11.0. The van der Waals surface area contributed by atoms with Gasteiger partial charge in [-0.05, 0) is 87.3 Å². The molecule has 0 spiro atoms. The molecule has 8 rings (SSSR count). The lowest BCUT2D eigenvalue weighted by atomic mass is 9.71. The van der Waals surface area contributed by atoms with Crippen LogP contribution in [0.3, 0.4) is 0 Å². The molecule has 0 atom stereocenters. The lowest BCUT2D eigenvalue weighted by Crippen LogP contribution is -2.25. The molecule has 7 aromatic carbocycles. The van der Waals surface area contributed by atoms with Crippen LogP contribution in [-0.4, -0.2) is 11.1 Å². The third kappa shape index (κ3) is 5.49. The number of rotatable bonds is 11. The molecule has 0 aliphatic heterocycles. The molecule has 3 nitrogen and oxygen atoms in total. The standard InChI is InChI=1S/C48H43NO2/c1-3-5-29-48(30-6-4-2)43-26-15-14-21-37(43)38-28-27-36(32-44(38)48)49(35-20-16-19-34(31-35)47(50)51)46-41-24-12-10-22-39(41)45(33-17-8-7-9-18-33)40-23-11-13-25-42(40)46/h7-28,31-32H,3-6,29-30H2,1-2H3,(H,50,51). The van der Waals surface area contributed by atoms with E-state index in [-0.39, 0.29) is 11.0 Å². The highest BCUT2D eigenvalue weighted by Gasteiger charge is 2.42. The van der Waals surface area contributed by atoms with Crippen molar-refractivity contribution in [3.05, 3.63) is 162 Å². The predicted octanol–water partition coefficient (Wildman–Crippen LogP) is 13.5. The van der Waals surface area contributed by atoms with Gasteiger partial charge in [-0.2, -0.15) is 0 Å². The maximum atomic E-state index is 12.4. The number of nitrogens with zero attached hydrogens (tertiary/aromatic N) is 1. The van der Waals surface area contributed by atoms with E-state index in [4.69, 9.17) is 0 Å². The van der Waals surface area contributed by atoms with Crippen LogP contribution >= 0.6 is 0 Å². The molecule has 1 N–H and O–H groups in total. The Balaban J connectivity index is 1.46. The van der Waals surface area contributed by atoms with Gasteiger partial charge in [0.1, 0.15) is 0 Å². The minimum atomic E-state index is -0.937. The molecule has 0 heterocycles. The maximum Gasteiger partial charge on any atom is 0.335 e. The third-order valence-corrected chi connectivity index (χ3v) is 11.0. The highest BCUT2D eigenvalue weighted by Crippen LogP contribution is 2.56. The van der Waals surface area contributed by atoms with Crippen molar-refractivity contribution in [3.8, 4) is 22.3 Å². The Morgan fingerprint density at radius 2 is 1.14 bits per heavy atom. The summed E-state index contributed by atoms with van der Waals surface area (Å²) >= 11 is 0. The van der Waals surface area contributed by atoms with Crippen LogP contribution in [0, 0.1) is 0 Å². The first-order valence-corrected chi connectivity index (χ1v) is 18.4. The Labute approximate surface area is 300 Å². The van der Waals surface area contributed by atoms with Crippen LogP contribution in [0.2, 0.25) is 0 Å². The van der Waals surface area contributed by atoms with E-state index in [0.717, 1.165) is 77.1 Å². The van der Waals surface area contributed by atoms with Gasteiger partial charge in [-0.1, -0.05) is 155 Å². The summed E-state index contributed by atoms with van der Waals surface area (Å²) in [5, 5.41) is 14.7. The molecule has 7 aromatic rings. The summed E-state index contributed by atoms with van der Waals surface area (Å²) in [6.07, 6.45) is 6.80. The molecule has 0 saturated heterocycles. The Bertz CT molecular complexity index is 2330. The fraction of sp³-hybridized carbons (Fsp3) is 0.188. The molecule has 0 amide bonds. The molecule has 252 valence electrons. The van der Waals surface area contributed by atoms with Crippen molar-refractivity contribution in [2.75, 3.05) is 4.90 Å². The van der Waals surface area contributed by atoms with Crippen molar-refractivity contribution >= 4 is 44.6 Å². The van der Waals surface area contributed by atoms with Gasteiger partial charge in [0.05, 0.1) is 11.3 Å². The van der Waals surface area contributed by atoms with Crippen LogP contribution in [0.1, 0.15) is 73.9 Å². The van der Waals surface area contributed by atoms with Gasteiger partial charge in [-0.15, -0.1) is 0 Å². The first kappa shape index (κ1) is 32.5. The molecule has 0 saturated carbocycles. The molecule has 0 bridgehead atoms. The summed E-state index contributed by atoms with van der Waals surface area (Å²) in [5.41, 5.74) is 10.9. The van der Waals surface area contributed by atoms with Crippen LogP contribution in [0.25, 0.3) is 43.8 Å². The zero-order valence-electron chi connectivity index (χ0n) is 29.4. The smallest absolute Gasteiger partial charge is 0.335 e. The molecule has 0 fully saturated rings. The van der Waals surface area contributed by atoms with E-state index < -0.39 is 5.97 Å². The molecule has 1 aliphatic carbocycles. The van der Waals surface area contributed by atoms with Crippen LogP contribution in [-0.2, 0) is 5.41 Å². The predicted molar refractivity (Wildman–Crippen MR) is 214 cm³/mol. The zero-order valence-corrected chi connectivity index (χ0v) is 29.4. The lowest BCUT2D eigenvalue weighted by Gasteiger charge is -2.34. The number of hydrogen-bond donors (Lipinski definition) is 1. The number of carbonyl (C=O) groups is 1. The summed E-state index contributed by atoms with van der Waals surface area (Å²) in [6.45, 7) is 4.58. The summed E-state index contributed by atoms with van der Waals surface area (Å²) in [6, 6.07) is 51.4. The molecule has 0 radical (unpaired) electrons. The molecule has 0 unspecified atom stereocenters. The van der Waals surface area contributed by atoms with Crippen molar-refractivity contribution in [2.24, 2.45) is 0 Å². The van der Waals surface area contributed by atoms with E-state index in [2.05, 4.69) is 140 Å². The topological polar surface area (TPSA) is 40.5 Å². The maximum absolute atomic E-state index is 12.4. The Morgan fingerprint density at radius 1 is 0.569 bits per heavy atom. The quantitative estimate of drug-likeness (QED) is 0.140. The summed E-state index contributed by atoms with van der Waals surface area (Å²) in [4.78, 5) is 14.7. The van der Waals surface area contributed by atoms with Gasteiger partial charge < -0.3 is 10.0 Å². The number of unbranched alkanes of at least 4 members (excludes halogenated alkanes) is 2. The van der Waals surface area contributed by atoms with Crippen molar-refractivity contribution in [3.63, 3.8) is 0 Å². The monoisotopic (exact) mass is 665 g/mol. The first-order valence-electron chi connectivity index (χ1n) is 18.4. The van der Waals surface area contributed by atoms with Crippen molar-refractivity contribution in [1.82, 2.24) is 0 Å². The molecule has 51 heavy (non-hydrogen) atoms. The number of carboxylic acids is 1. The number of benzene rings is 7. The van der Waals surface area contributed by atoms with Crippen LogP contribution in [0.15, 0.2) is 146 Å². The molecule has 3 heteroatoms. The molecule has 0 aromatic heterocycles. The molecular formula is C48H43NO2. The number of aromatic carboxylic acids is 1. The second kappa shape index (κ2) is 13.6. The second-order valence-electron chi connectivity index (χ2n) is 13.9. The Morgan fingerprint density at radius 3 is 1.78 bits per heavy atom. The zero-order chi connectivity index (χ0) is 35.0. The van der Waals surface area contributed by atoms with Crippen LogP contribution in [0.5, 0.6) is 0 Å². The van der Waals surface area contributed by atoms with E-state index in [1.54, 1.807) is 6.07 Å². The minimum Gasteiger partial charge on any atom is -0.478 e. The van der Waals surface area contributed by atoms with Crippen molar-refractivity contribution in [2.45, 2.75) is 57.8 Å². The first-order chi connectivity index (χ1) is 25.1. The lowest BCUT2D eigenvalue weighted by molar-refractivity contribution is 0.0697. The van der Waals surface area contributed by atoms with Crippen molar-refractivity contribution < 1.29 is 9.90 Å². The number of carboxylic acid groups (broad SMARTS) is 1. The van der Waals surface area contributed by atoms with Crippen LogP contribution < -0.4 is 4.90 Å². The number of hydrogen-bond acceptors (Lipinski definition) is 2. The summed E-state index contributed by atoms with van der Waals surface area (Å²) < 4.78 is 0. The normalized spacial score (nSPS) is 12.9. The van der Waals surface area contributed by atoms with Gasteiger partial charge in [0.25, 0.3) is 0 Å². The van der Waals surface area contributed by atoms with E-state index in [0.29, 0.717) is 0 Å². The summed E-state index contributed by atoms with van der Waals surface area (Å²) in [5.74, 6) is -0.937. The Kier molecular flexibility index (Phi) is 8.65. The van der Waals surface area contributed by atoms with Gasteiger partial charge in [0.2, 0.25) is 0 Å². The average molecular weight is 666 g/mol. The van der Waals surface area contributed by atoms with Gasteiger partial charge >= 0.3 is 5.97 Å². The number of fused-ring (bicyclic) bond motifs is 5. The highest BCUT2D eigenvalue weighted by atomic mass is 16.4. The van der Waals surface area contributed by atoms with Crippen LogP contribution in [0.4, 0.5) is 17.1 Å². The molecule has 1 aliphatic rings. The van der Waals surface area contributed by atoms with Gasteiger partial charge in [0.15, 0.2) is 0 Å². The van der Waals surface area contributed by atoms with E-state index in [1.807, 2.05) is 18.2 Å². The van der Waals surface area contributed by atoms with Gasteiger partial charge in [-0.25, -0.2) is 4.79 Å². The number of anilines is 3. The molecular weight excluding hydrogens is 623 g/mol. The Hall–Kier alpha value is -5.67. The fourth-order valence-electron chi connectivity index (χ4n) is 8.65. The summed E-state index contributed by atoms with van der Waals surface area (Å²) in [7, 11) is 0. The fourth-order valence-corrected chi connectivity index (χ4v) is 8.65.